The van der Waals surface area contributed by atoms with Gasteiger partial charge in [-0.3, -0.25) is 0 Å². The maximum Gasteiger partial charge on any atom is -0.0116 e. The first kappa shape index (κ1) is 10.9. The number of hydrogen-bond donors (Lipinski definition) is 0. The molecule has 0 saturated heterocycles. The van der Waals surface area contributed by atoms with Crippen LogP contribution in [0.5, 0.6) is 0 Å². The highest BCUT2D eigenvalue weighted by atomic mass is 14.7. The molecule has 4 unspecified atom stereocenters. The summed E-state index contributed by atoms with van der Waals surface area (Å²) in [5.74, 6) is 4.41. The number of rotatable bonds is 2. The molecule has 2 fully saturated rings. The second kappa shape index (κ2) is 3.85. The van der Waals surface area contributed by atoms with Gasteiger partial charge in [-0.2, -0.15) is 0 Å². The van der Waals surface area contributed by atoms with Crippen molar-refractivity contribution in [2.24, 2.45) is 17.8 Å². The maximum absolute atomic E-state index is 2.48. The van der Waals surface area contributed by atoms with E-state index in [-0.39, 0.29) is 0 Å². The Hall–Kier alpha value is -1.82. The number of allylic oxidation sites excluding steroid dienone is 1. The van der Waals surface area contributed by atoms with Gasteiger partial charge in [0.2, 0.25) is 0 Å². The van der Waals surface area contributed by atoms with Gasteiger partial charge in [-0.25, -0.2) is 0 Å². The fourth-order valence-corrected chi connectivity index (χ4v) is 4.94. The molecule has 0 N–H and O–H groups in total. The molecular formula is C20H18. The zero-order chi connectivity index (χ0) is 13.1. The average Bonchev–Trinajstić information content (AvgIpc) is 2.93. The molecule has 0 spiro atoms. The van der Waals surface area contributed by atoms with Crippen LogP contribution in [0, 0.1) is 17.8 Å². The number of hydrogen-bond acceptors (Lipinski definition) is 0. The summed E-state index contributed by atoms with van der Waals surface area (Å²) in [6.45, 7) is 0. The van der Waals surface area contributed by atoms with Crippen molar-refractivity contribution < 1.29 is 0 Å². The van der Waals surface area contributed by atoms with Crippen LogP contribution in [0.25, 0.3) is 6.08 Å². The summed E-state index contributed by atoms with van der Waals surface area (Å²) in [6, 6.07) is 19.9. The van der Waals surface area contributed by atoms with E-state index in [0.29, 0.717) is 0 Å². The molecule has 0 aromatic heterocycles. The predicted molar refractivity (Wildman–Crippen MR) is 82.5 cm³/mol. The van der Waals surface area contributed by atoms with Crippen molar-refractivity contribution in [3.05, 3.63) is 77.4 Å². The van der Waals surface area contributed by atoms with Gasteiger partial charge >= 0.3 is 0 Å². The highest BCUT2D eigenvalue weighted by Gasteiger charge is 2.65. The van der Waals surface area contributed by atoms with Crippen LogP contribution in [0.4, 0.5) is 0 Å². The van der Waals surface area contributed by atoms with Gasteiger partial charge in [0.15, 0.2) is 0 Å². The van der Waals surface area contributed by atoms with Gasteiger partial charge in [0.05, 0.1) is 0 Å². The van der Waals surface area contributed by atoms with Crippen molar-refractivity contribution in [3.8, 4) is 0 Å². The van der Waals surface area contributed by atoms with E-state index in [0.717, 1.165) is 29.6 Å². The molecule has 20 heavy (non-hydrogen) atoms. The van der Waals surface area contributed by atoms with Crippen molar-refractivity contribution in [2.45, 2.75) is 18.3 Å². The third kappa shape index (κ3) is 1.37. The van der Waals surface area contributed by atoms with Gasteiger partial charge in [-0.1, -0.05) is 66.7 Å². The fourth-order valence-electron chi connectivity index (χ4n) is 4.94. The van der Waals surface area contributed by atoms with Crippen molar-refractivity contribution in [2.75, 3.05) is 0 Å². The van der Waals surface area contributed by atoms with E-state index in [2.05, 4.69) is 66.7 Å². The standard InChI is InChI=1S/C20H18/c1-2-6-13(7-3-1)10-11-16-19-17-12-18(20(16)19)15-9-5-4-8-14(15)17/h1-11,16-20H,12H2/b11-10+. The van der Waals surface area contributed by atoms with E-state index in [1.54, 1.807) is 11.1 Å². The second-order valence-corrected chi connectivity index (χ2v) is 6.58. The van der Waals surface area contributed by atoms with Crippen LogP contribution < -0.4 is 0 Å². The minimum absolute atomic E-state index is 0.825. The van der Waals surface area contributed by atoms with Crippen LogP contribution in [0.3, 0.4) is 0 Å². The molecule has 0 nitrogen and oxygen atoms in total. The molecule has 4 atom stereocenters. The molecule has 2 saturated carbocycles. The van der Waals surface area contributed by atoms with E-state index in [1.807, 2.05) is 0 Å². The summed E-state index contributed by atoms with van der Waals surface area (Å²) in [5.41, 5.74) is 4.66. The monoisotopic (exact) mass is 258 g/mol. The third-order valence-corrected chi connectivity index (χ3v) is 5.73. The first-order chi connectivity index (χ1) is 9.93. The summed E-state index contributed by atoms with van der Waals surface area (Å²) in [7, 11) is 0. The molecule has 2 aromatic carbocycles. The lowest BCUT2D eigenvalue weighted by atomic mass is 9.92. The van der Waals surface area contributed by atoms with Crippen molar-refractivity contribution in [1.29, 1.82) is 0 Å². The SMILES string of the molecule is C(=C\C1C2C3CC(c4ccccc43)C12)/c1ccccc1. The predicted octanol–water partition coefficient (Wildman–Crippen LogP) is 4.85. The van der Waals surface area contributed by atoms with E-state index >= 15 is 0 Å². The zero-order valence-electron chi connectivity index (χ0n) is 11.4. The molecule has 0 amide bonds. The summed E-state index contributed by atoms with van der Waals surface area (Å²) < 4.78 is 0. The topological polar surface area (TPSA) is 0 Å². The zero-order valence-corrected chi connectivity index (χ0v) is 11.4. The summed E-state index contributed by atoms with van der Waals surface area (Å²) in [6.07, 6.45) is 6.23. The summed E-state index contributed by atoms with van der Waals surface area (Å²) in [4.78, 5) is 0. The lowest BCUT2D eigenvalue weighted by Crippen LogP contribution is -1.99. The minimum Gasteiger partial charge on any atom is -0.0802 e. The quantitative estimate of drug-likeness (QED) is 0.722. The Morgan fingerprint density at radius 2 is 1.35 bits per heavy atom. The summed E-state index contributed by atoms with van der Waals surface area (Å²) in [5, 5.41) is 0. The first-order valence-electron chi connectivity index (χ1n) is 7.75. The Bertz CT molecular complexity index is 647. The Labute approximate surface area is 120 Å². The molecule has 3 aliphatic carbocycles. The van der Waals surface area contributed by atoms with Crippen LogP contribution in [-0.4, -0.2) is 0 Å². The molecule has 98 valence electrons. The molecule has 0 radical (unpaired) electrons. The van der Waals surface area contributed by atoms with E-state index in [9.17, 15) is 0 Å². The van der Waals surface area contributed by atoms with Crippen LogP contribution in [0.1, 0.15) is 34.9 Å². The Morgan fingerprint density at radius 3 is 2.00 bits per heavy atom. The highest BCUT2D eigenvalue weighted by Crippen LogP contribution is 2.74. The lowest BCUT2D eigenvalue weighted by Gasteiger charge is -2.12. The van der Waals surface area contributed by atoms with E-state index in [1.165, 1.54) is 12.0 Å². The average molecular weight is 258 g/mol. The van der Waals surface area contributed by atoms with Crippen LogP contribution in [0.15, 0.2) is 60.7 Å². The third-order valence-electron chi connectivity index (χ3n) is 5.73. The summed E-state index contributed by atoms with van der Waals surface area (Å²) >= 11 is 0. The van der Waals surface area contributed by atoms with Crippen LogP contribution in [-0.2, 0) is 0 Å². The smallest absolute Gasteiger partial charge is 0.0116 e. The van der Waals surface area contributed by atoms with Gasteiger partial charge < -0.3 is 0 Å². The van der Waals surface area contributed by atoms with Crippen molar-refractivity contribution in [3.63, 3.8) is 0 Å². The Balaban J connectivity index is 1.41. The van der Waals surface area contributed by atoms with Crippen molar-refractivity contribution in [1.82, 2.24) is 0 Å². The number of fused-ring (bicyclic) bond motifs is 8. The molecule has 0 heterocycles. The minimum atomic E-state index is 0.825. The molecule has 0 heteroatoms. The van der Waals surface area contributed by atoms with Gasteiger partial charge in [0.25, 0.3) is 0 Å². The fraction of sp³-hybridized carbons (Fsp3) is 0.300. The van der Waals surface area contributed by atoms with E-state index < -0.39 is 0 Å². The first-order valence-corrected chi connectivity index (χ1v) is 7.75. The Kier molecular flexibility index (Phi) is 2.10. The normalized spacial score (nSPS) is 36.1. The molecule has 2 aromatic rings. The molecule has 2 bridgehead atoms. The molecular weight excluding hydrogens is 240 g/mol. The van der Waals surface area contributed by atoms with E-state index in [4.69, 9.17) is 0 Å². The van der Waals surface area contributed by atoms with Crippen molar-refractivity contribution >= 4 is 6.08 Å². The molecule has 5 rings (SSSR count). The molecule has 0 aliphatic heterocycles. The highest BCUT2D eigenvalue weighted by molar-refractivity contribution is 5.53. The van der Waals surface area contributed by atoms with Gasteiger partial charge in [0, 0.05) is 0 Å². The largest absolute Gasteiger partial charge is 0.0802 e. The molecule has 3 aliphatic rings. The van der Waals surface area contributed by atoms with Gasteiger partial charge in [-0.15, -0.1) is 0 Å². The van der Waals surface area contributed by atoms with Crippen LogP contribution in [0.2, 0.25) is 0 Å². The van der Waals surface area contributed by atoms with Gasteiger partial charge in [-0.05, 0) is 52.7 Å². The Morgan fingerprint density at radius 1 is 0.750 bits per heavy atom. The second-order valence-electron chi connectivity index (χ2n) is 6.58. The van der Waals surface area contributed by atoms with Crippen LogP contribution >= 0.6 is 0 Å². The lowest BCUT2D eigenvalue weighted by molar-refractivity contribution is 0.587. The number of benzene rings is 2. The maximum atomic E-state index is 2.48. The van der Waals surface area contributed by atoms with Gasteiger partial charge in [0.1, 0.15) is 0 Å².